The van der Waals surface area contributed by atoms with E-state index in [4.69, 9.17) is 0 Å². The quantitative estimate of drug-likeness (QED) is 0.411. The molecule has 1 fully saturated rings. The van der Waals surface area contributed by atoms with Gasteiger partial charge in [-0.15, -0.1) is 0 Å². The Labute approximate surface area is 210 Å². The van der Waals surface area contributed by atoms with E-state index in [1.54, 1.807) is 12.1 Å². The van der Waals surface area contributed by atoms with Gasteiger partial charge in [0.05, 0.1) is 6.10 Å². The Bertz CT molecular complexity index is 1350. The number of nitrogens with one attached hydrogen (secondary N) is 1. The number of β-amino-alcohol motifs (C(OH)–C–C–N with tert-alkyl or cyclic N) is 1. The van der Waals surface area contributed by atoms with Gasteiger partial charge in [-0.1, -0.05) is 12.1 Å². The molecule has 0 radical (unpaired) electrons. The molecule has 36 heavy (non-hydrogen) atoms. The average molecular weight is 490 g/mol. The summed E-state index contributed by atoms with van der Waals surface area (Å²) in [4.78, 5) is 18.1. The van der Waals surface area contributed by atoms with E-state index in [1.807, 2.05) is 11.5 Å². The second kappa shape index (κ2) is 10.2. The molecule has 4 aromatic rings. The summed E-state index contributed by atoms with van der Waals surface area (Å²) in [6, 6.07) is 12.7. The van der Waals surface area contributed by atoms with Gasteiger partial charge in [-0.3, -0.25) is 9.47 Å². The number of aliphatic hydroxyl groups is 1. The second-order valence-electron chi connectivity index (χ2n) is 9.41. The minimum Gasteiger partial charge on any atom is -0.390 e. The summed E-state index contributed by atoms with van der Waals surface area (Å²) in [6.07, 6.45) is 0.924. The number of aliphatic hydroxyl groups excluding tert-OH is 1. The van der Waals surface area contributed by atoms with E-state index in [-0.39, 0.29) is 5.82 Å². The van der Waals surface area contributed by atoms with E-state index in [0.29, 0.717) is 30.1 Å². The zero-order valence-electron chi connectivity index (χ0n) is 20.9. The molecule has 8 nitrogen and oxygen atoms in total. The van der Waals surface area contributed by atoms with Crippen LogP contribution in [0.2, 0.25) is 0 Å². The third kappa shape index (κ3) is 4.89. The van der Waals surface area contributed by atoms with Crippen LogP contribution in [0.15, 0.2) is 48.8 Å². The molecule has 0 aliphatic carbocycles. The number of halogens is 1. The Balaban J connectivity index is 1.20. The van der Waals surface area contributed by atoms with E-state index < -0.39 is 6.10 Å². The van der Waals surface area contributed by atoms with Crippen LogP contribution in [-0.4, -0.2) is 74.9 Å². The number of aryl methyl sites for hydroxylation is 2. The summed E-state index contributed by atoms with van der Waals surface area (Å²) < 4.78 is 15.3. The Morgan fingerprint density at radius 1 is 1.00 bits per heavy atom. The predicted octanol–water partition coefficient (Wildman–Crippen LogP) is 3.47. The zero-order valence-corrected chi connectivity index (χ0v) is 20.9. The topological polar surface area (TPSA) is 82.3 Å². The number of anilines is 2. The summed E-state index contributed by atoms with van der Waals surface area (Å²) in [5.74, 6) is 1.00. The third-order valence-electron chi connectivity index (χ3n) is 6.96. The maximum absolute atomic E-state index is 13.4. The summed E-state index contributed by atoms with van der Waals surface area (Å²) in [5, 5.41) is 14.0. The molecule has 0 amide bonds. The molecular formula is C27H32FN7O. The van der Waals surface area contributed by atoms with Gasteiger partial charge in [-0.05, 0) is 62.2 Å². The molecule has 1 atom stereocenters. The first-order valence-corrected chi connectivity index (χ1v) is 12.3. The number of benzene rings is 2. The molecular weight excluding hydrogens is 457 g/mol. The van der Waals surface area contributed by atoms with E-state index in [0.717, 1.165) is 37.7 Å². The van der Waals surface area contributed by atoms with Gasteiger partial charge in [-0.2, -0.15) is 0 Å². The van der Waals surface area contributed by atoms with Crippen LogP contribution < -0.4 is 10.2 Å². The fourth-order valence-corrected chi connectivity index (χ4v) is 4.86. The molecule has 2 aromatic heterocycles. The lowest BCUT2D eigenvalue weighted by Crippen LogP contribution is -2.49. The van der Waals surface area contributed by atoms with Crippen LogP contribution in [0.25, 0.3) is 16.9 Å². The molecule has 5 rings (SSSR count). The maximum atomic E-state index is 13.4. The molecule has 1 saturated heterocycles. The molecule has 1 aliphatic heterocycles. The molecule has 1 aliphatic rings. The van der Waals surface area contributed by atoms with Crippen molar-refractivity contribution in [2.24, 2.45) is 0 Å². The Kier molecular flexibility index (Phi) is 6.84. The Morgan fingerprint density at radius 3 is 2.50 bits per heavy atom. The molecule has 1 unspecified atom stereocenters. The maximum Gasteiger partial charge on any atom is 0.170 e. The number of aromatic nitrogens is 4. The highest BCUT2D eigenvalue weighted by atomic mass is 19.1. The summed E-state index contributed by atoms with van der Waals surface area (Å²) in [6.45, 7) is 10.8. The van der Waals surface area contributed by atoms with Crippen LogP contribution in [-0.2, 0) is 0 Å². The monoisotopic (exact) mass is 489 g/mol. The predicted molar refractivity (Wildman–Crippen MR) is 140 cm³/mol. The van der Waals surface area contributed by atoms with Gasteiger partial charge in [0, 0.05) is 50.6 Å². The van der Waals surface area contributed by atoms with Crippen molar-refractivity contribution in [1.82, 2.24) is 24.4 Å². The van der Waals surface area contributed by atoms with E-state index >= 15 is 0 Å². The van der Waals surface area contributed by atoms with Crippen LogP contribution in [0.4, 0.5) is 15.9 Å². The number of hydrogen-bond donors (Lipinski definition) is 2. The largest absolute Gasteiger partial charge is 0.390 e. The normalized spacial score (nSPS) is 15.4. The van der Waals surface area contributed by atoms with Crippen molar-refractivity contribution in [2.75, 3.05) is 49.5 Å². The van der Waals surface area contributed by atoms with Crippen LogP contribution in [0.5, 0.6) is 0 Å². The minimum absolute atomic E-state index is 0.293. The molecule has 0 spiro atoms. The van der Waals surface area contributed by atoms with Gasteiger partial charge in [0.25, 0.3) is 0 Å². The molecule has 0 bridgehead atoms. The lowest BCUT2D eigenvalue weighted by molar-refractivity contribution is 0.118. The zero-order chi connectivity index (χ0) is 25.2. The Hall–Kier alpha value is -3.56. The number of fused-ring (bicyclic) bond motifs is 1. The number of imidazole rings is 1. The van der Waals surface area contributed by atoms with Gasteiger partial charge >= 0.3 is 0 Å². The Morgan fingerprint density at radius 2 is 1.75 bits per heavy atom. The van der Waals surface area contributed by atoms with Gasteiger partial charge in [-0.25, -0.2) is 19.3 Å². The molecule has 3 heterocycles. The van der Waals surface area contributed by atoms with Crippen molar-refractivity contribution >= 4 is 22.7 Å². The first-order valence-electron chi connectivity index (χ1n) is 12.3. The average Bonchev–Trinajstić information content (AvgIpc) is 3.22. The molecule has 2 N–H and O–H groups in total. The summed E-state index contributed by atoms with van der Waals surface area (Å²) >= 11 is 0. The number of hydrogen-bond acceptors (Lipinski definition) is 7. The van der Waals surface area contributed by atoms with Crippen molar-refractivity contribution in [3.8, 4) is 5.69 Å². The van der Waals surface area contributed by atoms with Gasteiger partial charge in [0.15, 0.2) is 17.0 Å². The number of rotatable bonds is 7. The molecule has 0 saturated carbocycles. The smallest absolute Gasteiger partial charge is 0.170 e. The van der Waals surface area contributed by atoms with Gasteiger partial charge < -0.3 is 15.3 Å². The first kappa shape index (κ1) is 24.1. The summed E-state index contributed by atoms with van der Waals surface area (Å²) in [5.41, 5.74) is 5.99. The van der Waals surface area contributed by atoms with Crippen LogP contribution in [0.1, 0.15) is 17.0 Å². The molecule has 2 aromatic carbocycles. The lowest BCUT2D eigenvalue weighted by atomic mass is 10.1. The van der Waals surface area contributed by atoms with Crippen molar-refractivity contribution in [1.29, 1.82) is 0 Å². The van der Waals surface area contributed by atoms with E-state index in [1.165, 1.54) is 35.3 Å². The minimum atomic E-state index is -0.553. The van der Waals surface area contributed by atoms with Crippen molar-refractivity contribution in [3.05, 3.63) is 71.6 Å². The number of piperazine rings is 1. The van der Waals surface area contributed by atoms with Gasteiger partial charge in [0.1, 0.15) is 18.0 Å². The van der Waals surface area contributed by atoms with E-state index in [9.17, 15) is 9.50 Å². The first-order chi connectivity index (χ1) is 17.4. The lowest BCUT2D eigenvalue weighted by Gasteiger charge is -2.37. The second-order valence-corrected chi connectivity index (χ2v) is 9.41. The fraction of sp³-hybridized carbons (Fsp3) is 0.370. The standard InChI is InChI=1S/C27H32FN7O/c1-18-5-4-6-24(19(18)2)34-13-11-33(12-14-34)16-23(36)15-29-26-25-27(31-17-30-26)35(20(3)32-25)22-9-7-21(28)8-10-22/h4-10,17,23,36H,11-16H2,1-3H3,(H,29,30,31). The molecule has 188 valence electrons. The molecule has 9 heteroatoms. The van der Waals surface area contributed by atoms with Crippen LogP contribution >= 0.6 is 0 Å². The SMILES string of the molecule is Cc1cccc(N2CCN(CC(O)CNc3ncnc4c3nc(C)n4-c3ccc(F)cc3)CC2)c1C. The van der Waals surface area contributed by atoms with Crippen molar-refractivity contribution < 1.29 is 9.50 Å². The highest BCUT2D eigenvalue weighted by Crippen LogP contribution is 2.25. The highest BCUT2D eigenvalue weighted by molar-refractivity contribution is 5.84. The van der Waals surface area contributed by atoms with Crippen LogP contribution in [0, 0.1) is 26.6 Å². The van der Waals surface area contributed by atoms with Crippen LogP contribution in [0.3, 0.4) is 0 Å². The number of nitrogens with zero attached hydrogens (tertiary/aromatic N) is 6. The third-order valence-corrected chi connectivity index (χ3v) is 6.96. The highest BCUT2D eigenvalue weighted by Gasteiger charge is 2.21. The van der Waals surface area contributed by atoms with Crippen molar-refractivity contribution in [2.45, 2.75) is 26.9 Å². The van der Waals surface area contributed by atoms with Gasteiger partial charge in [0.2, 0.25) is 0 Å². The van der Waals surface area contributed by atoms with Crippen molar-refractivity contribution in [3.63, 3.8) is 0 Å². The van der Waals surface area contributed by atoms with E-state index in [2.05, 4.69) is 62.1 Å². The summed E-state index contributed by atoms with van der Waals surface area (Å²) in [7, 11) is 0. The fourth-order valence-electron chi connectivity index (χ4n) is 4.86.